The molecule has 0 fully saturated rings. The Balaban J connectivity index is 2.15. The molecule has 2 unspecified atom stereocenters. The molecule has 4 heteroatoms. The van der Waals surface area contributed by atoms with E-state index in [-0.39, 0.29) is 6.04 Å². The van der Waals surface area contributed by atoms with Gasteiger partial charge in [-0.2, -0.15) is 0 Å². The third-order valence-corrected chi connectivity index (χ3v) is 3.73. The first-order valence-electron chi connectivity index (χ1n) is 5.48. The SMILES string of the molecule is CCC(N)C(C)Sc1nc2ccccc2o1. The summed E-state index contributed by atoms with van der Waals surface area (Å²) in [6.07, 6.45) is 0.967. The first kappa shape index (κ1) is 11.5. The van der Waals surface area contributed by atoms with Gasteiger partial charge < -0.3 is 10.2 Å². The van der Waals surface area contributed by atoms with Gasteiger partial charge in [-0.15, -0.1) is 0 Å². The lowest BCUT2D eigenvalue weighted by Crippen LogP contribution is -2.29. The number of nitrogens with two attached hydrogens (primary N) is 1. The minimum Gasteiger partial charge on any atom is -0.431 e. The van der Waals surface area contributed by atoms with Crippen molar-refractivity contribution < 1.29 is 4.42 Å². The highest BCUT2D eigenvalue weighted by Gasteiger charge is 2.15. The van der Waals surface area contributed by atoms with Gasteiger partial charge in [0.25, 0.3) is 5.22 Å². The van der Waals surface area contributed by atoms with Crippen molar-refractivity contribution >= 4 is 22.9 Å². The van der Waals surface area contributed by atoms with Gasteiger partial charge in [-0.1, -0.05) is 37.7 Å². The normalized spacial score (nSPS) is 15.2. The number of aromatic nitrogens is 1. The van der Waals surface area contributed by atoms with Crippen LogP contribution in [0.4, 0.5) is 0 Å². The van der Waals surface area contributed by atoms with Crippen LogP contribution >= 0.6 is 11.8 Å². The minimum atomic E-state index is 0.181. The van der Waals surface area contributed by atoms with Gasteiger partial charge in [-0.05, 0) is 18.6 Å². The number of fused-ring (bicyclic) bond motifs is 1. The van der Waals surface area contributed by atoms with Gasteiger partial charge in [0.05, 0.1) is 0 Å². The summed E-state index contributed by atoms with van der Waals surface area (Å²) in [5, 5.41) is 1.02. The molecule has 1 heterocycles. The first-order valence-corrected chi connectivity index (χ1v) is 6.36. The number of nitrogens with zero attached hydrogens (tertiary/aromatic N) is 1. The molecule has 2 aromatic rings. The molecule has 86 valence electrons. The number of rotatable bonds is 4. The molecular formula is C12H16N2OS. The molecule has 0 bridgehead atoms. The van der Waals surface area contributed by atoms with Crippen molar-refractivity contribution in [1.29, 1.82) is 0 Å². The molecule has 2 atom stereocenters. The van der Waals surface area contributed by atoms with Crippen LogP contribution < -0.4 is 5.73 Å². The molecule has 2 N–H and O–H groups in total. The summed E-state index contributed by atoms with van der Waals surface area (Å²) >= 11 is 1.60. The summed E-state index contributed by atoms with van der Waals surface area (Å²) in [5.41, 5.74) is 7.71. The van der Waals surface area contributed by atoms with Gasteiger partial charge in [0.15, 0.2) is 5.58 Å². The van der Waals surface area contributed by atoms with E-state index in [1.165, 1.54) is 0 Å². The van der Waals surface area contributed by atoms with Crippen molar-refractivity contribution in [3.8, 4) is 0 Å². The third-order valence-electron chi connectivity index (χ3n) is 2.64. The zero-order chi connectivity index (χ0) is 11.5. The van der Waals surface area contributed by atoms with Crippen LogP contribution in [0.3, 0.4) is 0 Å². The Kier molecular flexibility index (Phi) is 3.51. The van der Waals surface area contributed by atoms with Gasteiger partial charge in [0.1, 0.15) is 5.52 Å². The van der Waals surface area contributed by atoms with Crippen molar-refractivity contribution in [2.75, 3.05) is 0 Å². The second-order valence-corrected chi connectivity index (χ2v) is 5.17. The number of hydrogen-bond acceptors (Lipinski definition) is 4. The Morgan fingerprint density at radius 2 is 2.19 bits per heavy atom. The summed E-state index contributed by atoms with van der Waals surface area (Å²) in [6, 6.07) is 7.97. The molecule has 0 radical (unpaired) electrons. The minimum absolute atomic E-state index is 0.181. The van der Waals surface area contributed by atoms with Gasteiger partial charge in [-0.25, -0.2) is 4.98 Å². The van der Waals surface area contributed by atoms with Crippen molar-refractivity contribution in [1.82, 2.24) is 4.98 Å². The average molecular weight is 236 g/mol. The summed E-state index contributed by atoms with van der Waals surface area (Å²) in [7, 11) is 0. The van der Waals surface area contributed by atoms with Crippen LogP contribution in [-0.2, 0) is 0 Å². The fourth-order valence-corrected chi connectivity index (χ4v) is 2.45. The highest BCUT2D eigenvalue weighted by Crippen LogP contribution is 2.27. The molecule has 0 aliphatic carbocycles. The Bertz CT molecular complexity index is 436. The molecule has 0 saturated carbocycles. The van der Waals surface area contributed by atoms with E-state index in [4.69, 9.17) is 10.2 Å². The maximum absolute atomic E-state index is 5.97. The quantitative estimate of drug-likeness (QED) is 0.829. The van der Waals surface area contributed by atoms with E-state index in [9.17, 15) is 0 Å². The average Bonchev–Trinajstić information content (AvgIpc) is 2.69. The first-order chi connectivity index (χ1) is 7.70. The molecule has 0 saturated heterocycles. The third kappa shape index (κ3) is 2.39. The van der Waals surface area contributed by atoms with Crippen molar-refractivity contribution in [2.45, 2.75) is 36.8 Å². The van der Waals surface area contributed by atoms with E-state index in [0.29, 0.717) is 10.5 Å². The lowest BCUT2D eigenvalue weighted by molar-refractivity contribution is 0.486. The second-order valence-electron chi connectivity index (χ2n) is 3.84. The van der Waals surface area contributed by atoms with E-state index >= 15 is 0 Å². The molecule has 0 aliphatic rings. The van der Waals surface area contributed by atoms with Crippen molar-refractivity contribution in [2.24, 2.45) is 5.73 Å². The summed E-state index contributed by atoms with van der Waals surface area (Å²) in [5.74, 6) is 0. The monoisotopic (exact) mass is 236 g/mol. The van der Waals surface area contributed by atoms with E-state index in [0.717, 1.165) is 17.5 Å². The van der Waals surface area contributed by atoms with Crippen LogP contribution in [0.15, 0.2) is 33.9 Å². The van der Waals surface area contributed by atoms with Crippen molar-refractivity contribution in [3.63, 3.8) is 0 Å². The second kappa shape index (κ2) is 4.89. The number of benzene rings is 1. The summed E-state index contributed by atoms with van der Waals surface area (Å²) in [6.45, 7) is 4.20. The molecule has 0 amide bonds. The Hall–Kier alpha value is -1.00. The van der Waals surface area contributed by atoms with Crippen LogP contribution in [0.2, 0.25) is 0 Å². The predicted molar refractivity (Wildman–Crippen MR) is 67.6 cm³/mol. The number of hydrogen-bond donors (Lipinski definition) is 1. The van der Waals surface area contributed by atoms with Gasteiger partial charge >= 0.3 is 0 Å². The molecule has 0 aliphatic heterocycles. The zero-order valence-electron chi connectivity index (χ0n) is 9.51. The van der Waals surface area contributed by atoms with E-state index < -0.39 is 0 Å². The molecule has 0 spiro atoms. The number of oxazole rings is 1. The number of thioether (sulfide) groups is 1. The van der Waals surface area contributed by atoms with Crippen LogP contribution in [0.5, 0.6) is 0 Å². The van der Waals surface area contributed by atoms with Crippen LogP contribution in [-0.4, -0.2) is 16.3 Å². The maximum Gasteiger partial charge on any atom is 0.257 e. The maximum atomic E-state index is 5.97. The topological polar surface area (TPSA) is 52.0 Å². The van der Waals surface area contributed by atoms with Crippen LogP contribution in [0.25, 0.3) is 11.1 Å². The lowest BCUT2D eigenvalue weighted by atomic mass is 10.2. The molecule has 16 heavy (non-hydrogen) atoms. The lowest BCUT2D eigenvalue weighted by Gasteiger charge is -2.15. The Labute approximate surface area is 99.4 Å². The highest BCUT2D eigenvalue weighted by atomic mass is 32.2. The summed E-state index contributed by atoms with van der Waals surface area (Å²) < 4.78 is 5.63. The zero-order valence-corrected chi connectivity index (χ0v) is 10.3. The predicted octanol–water partition coefficient (Wildman–Crippen LogP) is 3.05. The summed E-state index contributed by atoms with van der Waals surface area (Å²) in [4.78, 5) is 4.41. The van der Waals surface area contributed by atoms with Crippen LogP contribution in [0, 0.1) is 0 Å². The fourth-order valence-electron chi connectivity index (χ4n) is 1.48. The van der Waals surface area contributed by atoms with Crippen LogP contribution in [0.1, 0.15) is 20.3 Å². The molecule has 1 aromatic carbocycles. The van der Waals surface area contributed by atoms with E-state index in [1.807, 2.05) is 24.3 Å². The Morgan fingerprint density at radius 1 is 1.44 bits per heavy atom. The standard InChI is InChI=1S/C12H16N2OS/c1-3-9(13)8(2)16-12-14-10-6-4-5-7-11(10)15-12/h4-9H,3,13H2,1-2H3. The highest BCUT2D eigenvalue weighted by molar-refractivity contribution is 7.99. The Morgan fingerprint density at radius 3 is 2.88 bits per heavy atom. The molecular weight excluding hydrogens is 220 g/mol. The molecule has 1 aromatic heterocycles. The number of para-hydroxylation sites is 2. The van der Waals surface area contributed by atoms with E-state index in [2.05, 4.69) is 18.8 Å². The smallest absolute Gasteiger partial charge is 0.257 e. The fraction of sp³-hybridized carbons (Fsp3) is 0.417. The molecule has 3 nitrogen and oxygen atoms in total. The van der Waals surface area contributed by atoms with Crippen molar-refractivity contribution in [3.05, 3.63) is 24.3 Å². The largest absolute Gasteiger partial charge is 0.431 e. The van der Waals surface area contributed by atoms with Gasteiger partial charge in [0.2, 0.25) is 0 Å². The van der Waals surface area contributed by atoms with Gasteiger partial charge in [0, 0.05) is 11.3 Å². The molecule has 2 rings (SSSR count). The van der Waals surface area contributed by atoms with Gasteiger partial charge in [-0.3, -0.25) is 0 Å². The van der Waals surface area contributed by atoms with E-state index in [1.54, 1.807) is 11.8 Å².